The summed E-state index contributed by atoms with van der Waals surface area (Å²) >= 11 is 0. The minimum Gasteiger partial charge on any atom is -0.478 e. The Morgan fingerprint density at radius 2 is 2.20 bits per heavy atom. The number of aromatic carboxylic acids is 1. The highest BCUT2D eigenvalue weighted by atomic mass is 16.5. The number of carboxylic acid groups (broad SMARTS) is 1. The van der Waals surface area contributed by atoms with Crippen molar-refractivity contribution in [2.45, 2.75) is 38.8 Å². The lowest BCUT2D eigenvalue weighted by Crippen LogP contribution is -2.51. The van der Waals surface area contributed by atoms with E-state index in [2.05, 4.69) is 11.8 Å². The number of ether oxygens (including phenoxy) is 1. The highest BCUT2D eigenvalue weighted by Gasteiger charge is 2.27. The molecule has 0 bridgehead atoms. The van der Waals surface area contributed by atoms with Crippen molar-refractivity contribution in [3.63, 3.8) is 0 Å². The largest absolute Gasteiger partial charge is 0.478 e. The molecule has 4 nitrogen and oxygen atoms in total. The molecule has 20 heavy (non-hydrogen) atoms. The molecule has 110 valence electrons. The number of carboxylic acids is 1. The van der Waals surface area contributed by atoms with Crippen molar-refractivity contribution in [3.05, 3.63) is 35.4 Å². The van der Waals surface area contributed by atoms with Gasteiger partial charge in [0.2, 0.25) is 0 Å². The van der Waals surface area contributed by atoms with Crippen LogP contribution in [0, 0.1) is 0 Å². The van der Waals surface area contributed by atoms with E-state index in [1.165, 1.54) is 12.8 Å². The molecule has 1 heterocycles. The predicted molar refractivity (Wildman–Crippen MR) is 77.9 cm³/mol. The van der Waals surface area contributed by atoms with Crippen molar-refractivity contribution < 1.29 is 14.6 Å². The zero-order valence-electron chi connectivity index (χ0n) is 12.0. The normalized spacial score (nSPS) is 16.1. The molecule has 1 aliphatic heterocycles. The van der Waals surface area contributed by atoms with Crippen molar-refractivity contribution in [1.29, 1.82) is 0 Å². The number of benzene rings is 1. The fourth-order valence-corrected chi connectivity index (χ4v) is 2.42. The third-order valence-electron chi connectivity index (χ3n) is 3.61. The van der Waals surface area contributed by atoms with Gasteiger partial charge in [-0.25, -0.2) is 4.79 Å². The zero-order valence-corrected chi connectivity index (χ0v) is 12.0. The molecule has 0 atom stereocenters. The molecule has 0 unspecified atom stereocenters. The number of hydrogen-bond donors (Lipinski definition) is 1. The lowest BCUT2D eigenvalue weighted by molar-refractivity contribution is -0.0587. The number of carbonyl (C=O) groups is 1. The highest BCUT2D eigenvalue weighted by Crippen LogP contribution is 2.17. The SMILES string of the molecule is CCCCCOC1CN(Cc2cccc(C(=O)O)c2)C1. The summed E-state index contributed by atoms with van der Waals surface area (Å²) in [6.07, 6.45) is 3.96. The van der Waals surface area contributed by atoms with Gasteiger partial charge in [-0.1, -0.05) is 31.9 Å². The van der Waals surface area contributed by atoms with Crippen LogP contribution in [0.1, 0.15) is 42.1 Å². The Kier molecular flexibility index (Phi) is 5.56. The van der Waals surface area contributed by atoms with E-state index >= 15 is 0 Å². The van der Waals surface area contributed by atoms with Crippen molar-refractivity contribution in [3.8, 4) is 0 Å². The lowest BCUT2D eigenvalue weighted by Gasteiger charge is -2.39. The molecule has 1 aromatic rings. The average Bonchev–Trinajstić information content (AvgIpc) is 2.40. The van der Waals surface area contributed by atoms with Crippen LogP contribution in [0.2, 0.25) is 0 Å². The van der Waals surface area contributed by atoms with Gasteiger partial charge in [-0.15, -0.1) is 0 Å². The molecule has 0 radical (unpaired) electrons. The van der Waals surface area contributed by atoms with Gasteiger partial charge in [0, 0.05) is 26.2 Å². The second-order valence-corrected chi connectivity index (χ2v) is 5.40. The summed E-state index contributed by atoms with van der Waals surface area (Å²) in [6.45, 7) is 5.75. The van der Waals surface area contributed by atoms with E-state index in [1.807, 2.05) is 6.07 Å². The number of rotatable bonds is 8. The second kappa shape index (κ2) is 7.41. The maximum absolute atomic E-state index is 10.9. The van der Waals surface area contributed by atoms with E-state index in [1.54, 1.807) is 18.2 Å². The summed E-state index contributed by atoms with van der Waals surface area (Å²) in [5.74, 6) is -0.868. The molecule has 1 N–H and O–H groups in total. The second-order valence-electron chi connectivity index (χ2n) is 5.40. The molecule has 0 aliphatic carbocycles. The van der Waals surface area contributed by atoms with E-state index in [0.29, 0.717) is 11.7 Å². The number of nitrogens with zero attached hydrogens (tertiary/aromatic N) is 1. The third kappa shape index (κ3) is 4.32. The van der Waals surface area contributed by atoms with Gasteiger partial charge in [0.15, 0.2) is 0 Å². The first kappa shape index (κ1) is 15.0. The van der Waals surface area contributed by atoms with Gasteiger partial charge in [-0.3, -0.25) is 4.90 Å². The Hall–Kier alpha value is -1.39. The molecule has 1 aliphatic rings. The molecule has 0 saturated carbocycles. The molecule has 1 aromatic carbocycles. The summed E-state index contributed by atoms with van der Waals surface area (Å²) in [4.78, 5) is 13.2. The molecular formula is C16H23NO3. The van der Waals surface area contributed by atoms with Crippen LogP contribution in [0.4, 0.5) is 0 Å². The summed E-state index contributed by atoms with van der Waals surface area (Å²) in [7, 11) is 0. The third-order valence-corrected chi connectivity index (χ3v) is 3.61. The van der Waals surface area contributed by atoms with Crippen LogP contribution in [-0.2, 0) is 11.3 Å². The van der Waals surface area contributed by atoms with Gasteiger partial charge in [-0.2, -0.15) is 0 Å². The van der Waals surface area contributed by atoms with Crippen LogP contribution >= 0.6 is 0 Å². The molecule has 0 aromatic heterocycles. The van der Waals surface area contributed by atoms with Crippen molar-refractivity contribution in [2.24, 2.45) is 0 Å². The molecule has 0 spiro atoms. The van der Waals surface area contributed by atoms with Gasteiger partial charge in [-0.05, 0) is 24.1 Å². The maximum atomic E-state index is 10.9. The first-order valence-electron chi connectivity index (χ1n) is 7.35. The van der Waals surface area contributed by atoms with E-state index in [-0.39, 0.29) is 0 Å². The minimum absolute atomic E-state index is 0.356. The fraction of sp³-hybridized carbons (Fsp3) is 0.562. The number of likely N-dealkylation sites (tertiary alicyclic amines) is 1. The molecule has 0 amide bonds. The van der Waals surface area contributed by atoms with Crippen molar-refractivity contribution >= 4 is 5.97 Å². The Bertz CT molecular complexity index is 441. The molecule has 4 heteroatoms. The van der Waals surface area contributed by atoms with Gasteiger partial charge in [0.25, 0.3) is 0 Å². The Morgan fingerprint density at radius 3 is 2.90 bits per heavy atom. The molecular weight excluding hydrogens is 254 g/mol. The smallest absolute Gasteiger partial charge is 0.335 e. The van der Waals surface area contributed by atoms with E-state index in [9.17, 15) is 4.79 Å². The van der Waals surface area contributed by atoms with E-state index in [4.69, 9.17) is 9.84 Å². The van der Waals surface area contributed by atoms with Crippen molar-refractivity contribution in [1.82, 2.24) is 4.90 Å². The number of unbranched alkanes of at least 4 members (excludes halogenated alkanes) is 2. The minimum atomic E-state index is -0.868. The average molecular weight is 277 g/mol. The summed E-state index contributed by atoms with van der Waals surface area (Å²) in [5.41, 5.74) is 1.41. The lowest BCUT2D eigenvalue weighted by atomic mass is 10.1. The monoisotopic (exact) mass is 277 g/mol. The Balaban J connectivity index is 1.69. The molecule has 2 rings (SSSR count). The van der Waals surface area contributed by atoms with Gasteiger partial charge in [0.1, 0.15) is 0 Å². The maximum Gasteiger partial charge on any atom is 0.335 e. The van der Waals surface area contributed by atoms with Crippen LogP contribution in [-0.4, -0.2) is 41.8 Å². The van der Waals surface area contributed by atoms with Crippen LogP contribution in [0.3, 0.4) is 0 Å². The van der Waals surface area contributed by atoms with Crippen molar-refractivity contribution in [2.75, 3.05) is 19.7 Å². The van der Waals surface area contributed by atoms with Crippen LogP contribution in [0.5, 0.6) is 0 Å². The van der Waals surface area contributed by atoms with Gasteiger partial charge < -0.3 is 9.84 Å². The standard InChI is InChI=1S/C16H23NO3/c1-2-3-4-8-20-15-11-17(12-15)10-13-6-5-7-14(9-13)16(18)19/h5-7,9,15H,2-4,8,10-12H2,1H3,(H,18,19). The topological polar surface area (TPSA) is 49.8 Å². The van der Waals surface area contributed by atoms with E-state index in [0.717, 1.165) is 38.2 Å². The predicted octanol–water partition coefficient (Wildman–Crippen LogP) is 2.78. The highest BCUT2D eigenvalue weighted by molar-refractivity contribution is 5.87. The quantitative estimate of drug-likeness (QED) is 0.742. The Labute approximate surface area is 120 Å². The van der Waals surface area contributed by atoms with Crippen LogP contribution < -0.4 is 0 Å². The van der Waals surface area contributed by atoms with Crippen LogP contribution in [0.15, 0.2) is 24.3 Å². The molecule has 1 saturated heterocycles. The number of hydrogen-bond acceptors (Lipinski definition) is 3. The first-order chi connectivity index (χ1) is 9.69. The van der Waals surface area contributed by atoms with E-state index < -0.39 is 5.97 Å². The summed E-state index contributed by atoms with van der Waals surface area (Å²) < 4.78 is 5.77. The first-order valence-corrected chi connectivity index (χ1v) is 7.35. The van der Waals surface area contributed by atoms with Gasteiger partial charge in [0.05, 0.1) is 11.7 Å². The fourth-order valence-electron chi connectivity index (χ4n) is 2.42. The Morgan fingerprint density at radius 1 is 1.40 bits per heavy atom. The van der Waals surface area contributed by atoms with Gasteiger partial charge >= 0.3 is 5.97 Å². The summed E-state index contributed by atoms with van der Waals surface area (Å²) in [5, 5.41) is 8.96. The van der Waals surface area contributed by atoms with Crippen LogP contribution in [0.25, 0.3) is 0 Å². The zero-order chi connectivity index (χ0) is 14.4. The molecule has 1 fully saturated rings. The summed E-state index contributed by atoms with van der Waals surface area (Å²) in [6, 6.07) is 7.15.